The summed E-state index contributed by atoms with van der Waals surface area (Å²) < 4.78 is 0. The van der Waals surface area contributed by atoms with Crippen molar-refractivity contribution >= 4 is 0 Å². The maximum absolute atomic E-state index is 8.82. The smallest absolute Gasteiger partial charge is 0.0443 e. The minimum absolute atomic E-state index is 0.312. The predicted octanol–water partition coefficient (Wildman–Crippen LogP) is 1.27. The van der Waals surface area contributed by atoms with Gasteiger partial charge in [0.25, 0.3) is 0 Å². The van der Waals surface area contributed by atoms with Crippen LogP contribution in [-0.2, 0) is 0 Å². The molecule has 1 heterocycles. The third-order valence-electron chi connectivity index (χ3n) is 4.18. The van der Waals surface area contributed by atoms with Gasteiger partial charge in [-0.25, -0.2) is 0 Å². The maximum Gasteiger partial charge on any atom is 0.0443 e. The third-order valence-corrected chi connectivity index (χ3v) is 4.18. The molecule has 0 amide bonds. The fraction of sp³-hybridized carbons (Fsp3) is 1.00. The highest BCUT2D eigenvalue weighted by Gasteiger charge is 2.32. The normalized spacial score (nSPS) is 35.4. The Labute approximate surface area is 99.0 Å². The largest absolute Gasteiger partial charge is 0.396 e. The van der Waals surface area contributed by atoms with Crippen molar-refractivity contribution in [1.29, 1.82) is 0 Å². The first-order chi connectivity index (χ1) is 7.92. The van der Waals surface area contributed by atoms with Crippen LogP contribution in [0.3, 0.4) is 0 Å². The SMILES string of the molecule is OCCCNC1CCCCC1C1CCCN1. The molecule has 3 nitrogen and oxygen atoms in total. The van der Waals surface area contributed by atoms with E-state index in [0.717, 1.165) is 24.9 Å². The number of aliphatic hydroxyl groups excluding tert-OH is 1. The van der Waals surface area contributed by atoms with Gasteiger partial charge in [-0.15, -0.1) is 0 Å². The van der Waals surface area contributed by atoms with E-state index in [1.54, 1.807) is 0 Å². The minimum Gasteiger partial charge on any atom is -0.396 e. The van der Waals surface area contributed by atoms with Gasteiger partial charge < -0.3 is 15.7 Å². The van der Waals surface area contributed by atoms with E-state index in [0.29, 0.717) is 12.6 Å². The van der Waals surface area contributed by atoms with Crippen LogP contribution in [0.5, 0.6) is 0 Å². The van der Waals surface area contributed by atoms with E-state index < -0.39 is 0 Å². The van der Waals surface area contributed by atoms with Gasteiger partial charge in [-0.1, -0.05) is 12.8 Å². The van der Waals surface area contributed by atoms with Crippen LogP contribution in [0.15, 0.2) is 0 Å². The van der Waals surface area contributed by atoms with E-state index in [1.807, 2.05) is 0 Å². The fourth-order valence-electron chi connectivity index (χ4n) is 3.34. The highest BCUT2D eigenvalue weighted by atomic mass is 16.3. The summed E-state index contributed by atoms with van der Waals surface area (Å²) in [6.07, 6.45) is 9.10. The standard InChI is InChI=1S/C13H26N2O/c16-10-4-9-15-12-6-2-1-5-11(12)13-7-3-8-14-13/h11-16H,1-10H2. The summed E-state index contributed by atoms with van der Waals surface area (Å²) in [5.41, 5.74) is 0. The quantitative estimate of drug-likeness (QED) is 0.619. The summed E-state index contributed by atoms with van der Waals surface area (Å²) in [5.74, 6) is 0.829. The molecule has 1 aliphatic heterocycles. The van der Waals surface area contributed by atoms with Crippen LogP contribution in [0.25, 0.3) is 0 Å². The Morgan fingerprint density at radius 3 is 2.75 bits per heavy atom. The average Bonchev–Trinajstić information content (AvgIpc) is 2.83. The second-order valence-corrected chi connectivity index (χ2v) is 5.29. The molecular formula is C13H26N2O. The molecule has 94 valence electrons. The van der Waals surface area contributed by atoms with E-state index in [2.05, 4.69) is 10.6 Å². The number of hydrogen-bond donors (Lipinski definition) is 3. The number of aliphatic hydroxyl groups is 1. The van der Waals surface area contributed by atoms with E-state index in [4.69, 9.17) is 5.11 Å². The summed E-state index contributed by atoms with van der Waals surface area (Å²) >= 11 is 0. The van der Waals surface area contributed by atoms with Crippen molar-refractivity contribution in [2.75, 3.05) is 19.7 Å². The van der Waals surface area contributed by atoms with Gasteiger partial charge in [0.2, 0.25) is 0 Å². The van der Waals surface area contributed by atoms with Crippen LogP contribution in [0, 0.1) is 5.92 Å². The zero-order valence-corrected chi connectivity index (χ0v) is 10.3. The van der Waals surface area contributed by atoms with Gasteiger partial charge in [0, 0.05) is 18.7 Å². The Morgan fingerprint density at radius 1 is 1.12 bits per heavy atom. The highest BCUT2D eigenvalue weighted by molar-refractivity contribution is 4.91. The molecule has 0 aromatic rings. The summed E-state index contributed by atoms with van der Waals surface area (Å²) in [5, 5.41) is 16.1. The summed E-state index contributed by atoms with van der Waals surface area (Å²) in [7, 11) is 0. The molecule has 2 aliphatic rings. The van der Waals surface area contributed by atoms with Gasteiger partial charge in [-0.3, -0.25) is 0 Å². The molecule has 3 unspecified atom stereocenters. The van der Waals surface area contributed by atoms with E-state index in [-0.39, 0.29) is 0 Å². The van der Waals surface area contributed by atoms with Gasteiger partial charge in [-0.05, 0) is 51.1 Å². The van der Waals surface area contributed by atoms with Crippen molar-refractivity contribution in [2.24, 2.45) is 5.92 Å². The lowest BCUT2D eigenvalue weighted by molar-refractivity contribution is 0.208. The van der Waals surface area contributed by atoms with Crippen molar-refractivity contribution < 1.29 is 5.11 Å². The van der Waals surface area contributed by atoms with Gasteiger partial charge in [0.1, 0.15) is 0 Å². The van der Waals surface area contributed by atoms with Crippen molar-refractivity contribution in [3.05, 3.63) is 0 Å². The van der Waals surface area contributed by atoms with Crippen molar-refractivity contribution in [2.45, 2.75) is 57.0 Å². The first-order valence-corrected chi connectivity index (χ1v) is 6.99. The Hall–Kier alpha value is -0.120. The highest BCUT2D eigenvalue weighted by Crippen LogP contribution is 2.30. The molecule has 3 N–H and O–H groups in total. The predicted molar refractivity (Wildman–Crippen MR) is 66.5 cm³/mol. The molecule has 0 radical (unpaired) electrons. The molecule has 2 fully saturated rings. The zero-order chi connectivity index (χ0) is 11.2. The van der Waals surface area contributed by atoms with Crippen LogP contribution < -0.4 is 10.6 Å². The van der Waals surface area contributed by atoms with Crippen molar-refractivity contribution in [3.8, 4) is 0 Å². The molecule has 3 heteroatoms. The lowest BCUT2D eigenvalue weighted by atomic mass is 9.79. The second kappa shape index (κ2) is 6.58. The second-order valence-electron chi connectivity index (χ2n) is 5.29. The molecule has 0 aromatic heterocycles. The Morgan fingerprint density at radius 2 is 2.00 bits per heavy atom. The molecule has 16 heavy (non-hydrogen) atoms. The first kappa shape index (κ1) is 12.3. The van der Waals surface area contributed by atoms with Gasteiger partial charge in [0.15, 0.2) is 0 Å². The van der Waals surface area contributed by atoms with E-state index in [9.17, 15) is 0 Å². The number of hydrogen-bond acceptors (Lipinski definition) is 3. The summed E-state index contributed by atoms with van der Waals surface area (Å²) in [6, 6.07) is 1.45. The molecule has 1 saturated carbocycles. The van der Waals surface area contributed by atoms with E-state index in [1.165, 1.54) is 45.1 Å². The van der Waals surface area contributed by atoms with Gasteiger partial charge in [0.05, 0.1) is 0 Å². The van der Waals surface area contributed by atoms with Gasteiger partial charge >= 0.3 is 0 Å². The van der Waals surface area contributed by atoms with Crippen molar-refractivity contribution in [1.82, 2.24) is 10.6 Å². The first-order valence-electron chi connectivity index (χ1n) is 6.99. The Kier molecular flexibility index (Phi) is 5.07. The maximum atomic E-state index is 8.82. The molecule has 2 rings (SSSR count). The monoisotopic (exact) mass is 226 g/mol. The topological polar surface area (TPSA) is 44.3 Å². The van der Waals surface area contributed by atoms with Crippen LogP contribution >= 0.6 is 0 Å². The lowest BCUT2D eigenvalue weighted by Gasteiger charge is -2.36. The zero-order valence-electron chi connectivity index (χ0n) is 10.3. The van der Waals surface area contributed by atoms with Crippen LogP contribution in [0.4, 0.5) is 0 Å². The average molecular weight is 226 g/mol. The molecule has 1 saturated heterocycles. The molecule has 1 aliphatic carbocycles. The van der Waals surface area contributed by atoms with Crippen LogP contribution in [0.2, 0.25) is 0 Å². The number of nitrogens with one attached hydrogen (secondary N) is 2. The third kappa shape index (κ3) is 3.19. The Balaban J connectivity index is 1.81. The van der Waals surface area contributed by atoms with Crippen molar-refractivity contribution in [3.63, 3.8) is 0 Å². The molecule has 0 aromatic carbocycles. The molecule has 0 bridgehead atoms. The molecule has 3 atom stereocenters. The van der Waals surface area contributed by atoms with Crippen LogP contribution in [-0.4, -0.2) is 36.9 Å². The minimum atomic E-state index is 0.312. The van der Waals surface area contributed by atoms with Gasteiger partial charge in [-0.2, -0.15) is 0 Å². The molecular weight excluding hydrogens is 200 g/mol. The lowest BCUT2D eigenvalue weighted by Crippen LogP contribution is -2.47. The molecule has 0 spiro atoms. The number of rotatable bonds is 5. The fourth-order valence-corrected chi connectivity index (χ4v) is 3.34. The van der Waals surface area contributed by atoms with Crippen LogP contribution in [0.1, 0.15) is 44.9 Å². The Bertz CT molecular complexity index is 192. The summed E-state index contributed by atoms with van der Waals surface area (Å²) in [6.45, 7) is 2.50. The van der Waals surface area contributed by atoms with E-state index >= 15 is 0 Å². The summed E-state index contributed by atoms with van der Waals surface area (Å²) in [4.78, 5) is 0.